The number of nitrogens with one attached hydrogen (secondary N) is 1. The van der Waals surface area contributed by atoms with Crippen molar-refractivity contribution >= 4 is 28.8 Å². The van der Waals surface area contributed by atoms with Gasteiger partial charge >= 0.3 is 0 Å². The second kappa shape index (κ2) is 7.14. The number of carbonyl (C=O) groups is 1. The van der Waals surface area contributed by atoms with Crippen molar-refractivity contribution in [3.63, 3.8) is 0 Å². The number of rotatable bonds is 3. The molecule has 0 saturated carbocycles. The molecule has 0 bridgehead atoms. The fourth-order valence-corrected chi connectivity index (χ4v) is 2.60. The van der Waals surface area contributed by atoms with Gasteiger partial charge in [0.15, 0.2) is 0 Å². The molecule has 2 rings (SSSR count). The number of carbonyl (C=O) groups excluding carboxylic acids is 1. The van der Waals surface area contributed by atoms with Gasteiger partial charge in [0.05, 0.1) is 18.1 Å². The van der Waals surface area contributed by atoms with Crippen LogP contribution in [0.5, 0.6) is 5.75 Å². The van der Waals surface area contributed by atoms with Crippen LogP contribution in [0.2, 0.25) is 5.02 Å². The monoisotopic (exact) mass is 320 g/mol. The summed E-state index contributed by atoms with van der Waals surface area (Å²) < 4.78 is 0. The highest BCUT2D eigenvalue weighted by molar-refractivity contribution is 7.10. The van der Waals surface area contributed by atoms with E-state index in [1.807, 2.05) is 11.4 Å². The van der Waals surface area contributed by atoms with Gasteiger partial charge in [-0.05, 0) is 29.6 Å². The van der Waals surface area contributed by atoms with E-state index in [0.29, 0.717) is 18.7 Å². The maximum absolute atomic E-state index is 12.0. The van der Waals surface area contributed by atoms with Gasteiger partial charge in [-0.3, -0.25) is 4.79 Å². The SMILES string of the molecule is NCC#Cc1ccsc1CNC(=O)c1ccc(O)c(Cl)c1. The van der Waals surface area contributed by atoms with Gasteiger partial charge in [0.2, 0.25) is 0 Å². The van der Waals surface area contributed by atoms with Crippen LogP contribution in [0.15, 0.2) is 29.6 Å². The van der Waals surface area contributed by atoms with Crippen LogP contribution in [-0.2, 0) is 6.54 Å². The first-order valence-corrected chi connectivity index (χ1v) is 7.39. The number of benzene rings is 1. The Balaban J connectivity index is 2.04. The third-order valence-electron chi connectivity index (χ3n) is 2.69. The first kappa shape index (κ1) is 15.4. The Bertz CT molecular complexity index is 716. The number of amides is 1. The Morgan fingerprint density at radius 3 is 2.95 bits per heavy atom. The predicted molar refractivity (Wildman–Crippen MR) is 84.5 cm³/mol. The van der Waals surface area contributed by atoms with Crippen molar-refractivity contribution in [3.8, 4) is 17.6 Å². The molecule has 0 spiro atoms. The van der Waals surface area contributed by atoms with E-state index in [1.165, 1.54) is 29.5 Å². The summed E-state index contributed by atoms with van der Waals surface area (Å²) in [7, 11) is 0. The molecule has 4 nitrogen and oxygen atoms in total. The highest BCUT2D eigenvalue weighted by Gasteiger charge is 2.09. The Morgan fingerprint density at radius 1 is 1.43 bits per heavy atom. The average Bonchev–Trinajstić information content (AvgIpc) is 2.92. The molecule has 0 aliphatic rings. The van der Waals surface area contributed by atoms with Gasteiger partial charge in [-0.1, -0.05) is 23.4 Å². The molecule has 21 heavy (non-hydrogen) atoms. The van der Waals surface area contributed by atoms with Crippen LogP contribution < -0.4 is 11.1 Å². The fraction of sp³-hybridized carbons (Fsp3) is 0.133. The van der Waals surface area contributed by atoms with E-state index >= 15 is 0 Å². The minimum atomic E-state index is -0.261. The van der Waals surface area contributed by atoms with Crippen molar-refractivity contribution in [1.82, 2.24) is 5.32 Å². The third kappa shape index (κ3) is 3.99. The molecule has 0 aliphatic heterocycles. The van der Waals surface area contributed by atoms with E-state index in [9.17, 15) is 9.90 Å². The lowest BCUT2D eigenvalue weighted by molar-refractivity contribution is 0.0951. The van der Waals surface area contributed by atoms with Crippen molar-refractivity contribution in [2.45, 2.75) is 6.54 Å². The van der Waals surface area contributed by atoms with Crippen molar-refractivity contribution in [2.24, 2.45) is 5.73 Å². The van der Waals surface area contributed by atoms with Gasteiger partial charge in [0, 0.05) is 16.0 Å². The number of hydrogen-bond acceptors (Lipinski definition) is 4. The topological polar surface area (TPSA) is 75.3 Å². The number of aromatic hydroxyl groups is 1. The quantitative estimate of drug-likeness (QED) is 0.760. The van der Waals surface area contributed by atoms with Gasteiger partial charge in [-0.25, -0.2) is 0 Å². The van der Waals surface area contributed by atoms with Crippen LogP contribution in [0, 0.1) is 11.8 Å². The number of phenols is 1. The molecule has 0 atom stereocenters. The number of hydrogen-bond donors (Lipinski definition) is 3. The van der Waals surface area contributed by atoms with Gasteiger partial charge in [0.1, 0.15) is 5.75 Å². The molecular formula is C15H13ClN2O2S. The smallest absolute Gasteiger partial charge is 0.251 e. The Morgan fingerprint density at radius 2 is 2.24 bits per heavy atom. The molecule has 1 aromatic carbocycles. The normalized spacial score (nSPS) is 9.81. The van der Waals surface area contributed by atoms with Crippen LogP contribution in [0.4, 0.5) is 0 Å². The number of phenolic OH excluding ortho intramolecular Hbond substituents is 1. The van der Waals surface area contributed by atoms with Crippen LogP contribution >= 0.6 is 22.9 Å². The molecule has 1 aromatic heterocycles. The minimum Gasteiger partial charge on any atom is -0.506 e. The maximum atomic E-state index is 12.0. The van der Waals surface area contributed by atoms with Crippen molar-refractivity contribution in [1.29, 1.82) is 0 Å². The predicted octanol–water partition coefficient (Wildman–Crippen LogP) is 2.35. The second-order valence-electron chi connectivity index (χ2n) is 4.11. The summed E-state index contributed by atoms with van der Waals surface area (Å²) in [6.45, 7) is 0.678. The molecule has 4 N–H and O–H groups in total. The number of thiophene rings is 1. The molecule has 1 heterocycles. The standard InChI is InChI=1S/C15H13ClN2O2S/c16-12-8-11(3-4-13(12)19)15(20)18-9-14-10(2-1-6-17)5-7-21-14/h3-5,7-8,19H,6,9,17H2,(H,18,20). The summed E-state index contributed by atoms with van der Waals surface area (Å²) in [5.41, 5.74) is 6.61. The number of halogens is 1. The van der Waals surface area contributed by atoms with Gasteiger partial charge < -0.3 is 16.2 Å². The molecule has 0 radical (unpaired) electrons. The third-order valence-corrected chi connectivity index (χ3v) is 3.91. The summed E-state index contributed by atoms with van der Waals surface area (Å²) in [6.07, 6.45) is 0. The molecule has 2 aromatic rings. The van der Waals surface area contributed by atoms with Crippen molar-refractivity contribution in [3.05, 3.63) is 50.7 Å². The van der Waals surface area contributed by atoms with E-state index in [1.54, 1.807) is 0 Å². The van der Waals surface area contributed by atoms with Crippen molar-refractivity contribution < 1.29 is 9.90 Å². The molecule has 1 amide bonds. The second-order valence-corrected chi connectivity index (χ2v) is 5.52. The van der Waals surface area contributed by atoms with Gasteiger partial charge in [-0.15, -0.1) is 11.3 Å². The zero-order chi connectivity index (χ0) is 15.2. The summed E-state index contributed by atoms with van der Waals surface area (Å²) in [4.78, 5) is 13.0. The zero-order valence-corrected chi connectivity index (χ0v) is 12.6. The molecule has 0 fully saturated rings. The lowest BCUT2D eigenvalue weighted by Crippen LogP contribution is -2.22. The lowest BCUT2D eigenvalue weighted by atomic mass is 10.2. The molecule has 0 unspecified atom stereocenters. The Kier molecular flexibility index (Phi) is 5.23. The van der Waals surface area contributed by atoms with Crippen molar-refractivity contribution in [2.75, 3.05) is 6.54 Å². The van der Waals surface area contributed by atoms with Crippen LogP contribution in [0.1, 0.15) is 20.8 Å². The average molecular weight is 321 g/mol. The summed E-state index contributed by atoms with van der Waals surface area (Å²) in [6, 6.07) is 6.22. The molecule has 0 saturated heterocycles. The zero-order valence-electron chi connectivity index (χ0n) is 11.0. The van der Waals surface area contributed by atoms with E-state index in [2.05, 4.69) is 17.2 Å². The lowest BCUT2D eigenvalue weighted by Gasteiger charge is -2.05. The summed E-state index contributed by atoms with van der Waals surface area (Å²) in [5.74, 6) is 5.44. The largest absolute Gasteiger partial charge is 0.506 e. The number of nitrogens with two attached hydrogens (primary N) is 1. The highest BCUT2D eigenvalue weighted by atomic mass is 35.5. The molecule has 108 valence electrons. The molecule has 0 aliphatic carbocycles. The summed E-state index contributed by atoms with van der Waals surface area (Å²) >= 11 is 7.30. The maximum Gasteiger partial charge on any atom is 0.251 e. The van der Waals surface area contributed by atoms with E-state index < -0.39 is 0 Å². The van der Waals surface area contributed by atoms with Crippen LogP contribution in [-0.4, -0.2) is 17.6 Å². The Labute approximate surface area is 131 Å². The molecule has 6 heteroatoms. The highest BCUT2D eigenvalue weighted by Crippen LogP contribution is 2.23. The van der Waals surface area contributed by atoms with Crippen LogP contribution in [0.25, 0.3) is 0 Å². The molecular weight excluding hydrogens is 308 g/mol. The minimum absolute atomic E-state index is 0.0502. The first-order valence-electron chi connectivity index (χ1n) is 6.14. The Hall–Kier alpha value is -2.00. The van der Waals surface area contributed by atoms with Gasteiger partial charge in [0.25, 0.3) is 5.91 Å². The summed E-state index contributed by atoms with van der Waals surface area (Å²) in [5, 5.41) is 14.2. The first-order chi connectivity index (χ1) is 10.1. The fourth-order valence-electron chi connectivity index (χ4n) is 1.65. The van der Waals surface area contributed by atoms with Gasteiger partial charge in [-0.2, -0.15) is 0 Å². The van der Waals surface area contributed by atoms with E-state index in [4.69, 9.17) is 17.3 Å². The van der Waals surface area contributed by atoms with E-state index in [-0.39, 0.29) is 16.7 Å². The van der Waals surface area contributed by atoms with E-state index in [0.717, 1.165) is 10.4 Å². The van der Waals surface area contributed by atoms with Crippen LogP contribution in [0.3, 0.4) is 0 Å².